The molecule has 0 fully saturated rings. The summed E-state index contributed by atoms with van der Waals surface area (Å²) in [5.74, 6) is -1.35. The molecule has 1 aliphatic rings. The summed E-state index contributed by atoms with van der Waals surface area (Å²) in [5, 5.41) is 1.02. The van der Waals surface area contributed by atoms with Crippen molar-refractivity contribution in [3.63, 3.8) is 0 Å². The predicted octanol–water partition coefficient (Wildman–Crippen LogP) is 4.22. The maximum absolute atomic E-state index is 13.6. The molecule has 2 aromatic carbocycles. The van der Waals surface area contributed by atoms with Gasteiger partial charge in [0.25, 0.3) is 5.91 Å². The van der Waals surface area contributed by atoms with Gasteiger partial charge in [-0.25, -0.2) is 9.18 Å². The van der Waals surface area contributed by atoms with E-state index in [4.69, 9.17) is 4.74 Å². The first-order chi connectivity index (χ1) is 14.0. The minimum atomic E-state index is -0.503. The maximum Gasteiger partial charge on any atom is 0.341 e. The van der Waals surface area contributed by atoms with Gasteiger partial charge >= 0.3 is 5.97 Å². The first kappa shape index (κ1) is 18.9. The van der Waals surface area contributed by atoms with Crippen molar-refractivity contribution in [2.24, 2.45) is 0 Å². The molecule has 148 valence electrons. The minimum absolute atomic E-state index is 0.225. The highest BCUT2D eigenvalue weighted by Crippen LogP contribution is 2.33. The Balaban J connectivity index is 1.82. The molecule has 0 bridgehead atoms. The van der Waals surface area contributed by atoms with Gasteiger partial charge in [-0.05, 0) is 49.6 Å². The average molecular weight is 392 g/mol. The van der Waals surface area contributed by atoms with E-state index < -0.39 is 11.8 Å². The maximum atomic E-state index is 13.6. The van der Waals surface area contributed by atoms with Crippen LogP contribution in [0, 0.1) is 12.7 Å². The molecule has 6 heteroatoms. The molecule has 5 nitrogen and oxygen atoms in total. The fourth-order valence-electron chi connectivity index (χ4n) is 3.74. The molecular weight excluding hydrogens is 371 g/mol. The molecule has 4 rings (SSSR count). The van der Waals surface area contributed by atoms with E-state index in [0.717, 1.165) is 22.0 Å². The SMILES string of the molecule is CCOC(=O)C1=CN(C(=O)c2cccc(F)c2)CCc2c1[nH]c1c(C)cccc21. The number of nitrogens with zero attached hydrogens (tertiary/aromatic N) is 1. The molecule has 1 aliphatic heterocycles. The lowest BCUT2D eigenvalue weighted by atomic mass is 10.0. The second kappa shape index (κ2) is 7.54. The lowest BCUT2D eigenvalue weighted by Crippen LogP contribution is -2.28. The van der Waals surface area contributed by atoms with Crippen molar-refractivity contribution in [1.82, 2.24) is 9.88 Å². The number of aromatic amines is 1. The normalized spacial score (nSPS) is 13.6. The van der Waals surface area contributed by atoms with E-state index in [0.29, 0.717) is 24.2 Å². The van der Waals surface area contributed by atoms with Crippen LogP contribution < -0.4 is 0 Å². The molecule has 1 aromatic heterocycles. The van der Waals surface area contributed by atoms with Crippen molar-refractivity contribution in [1.29, 1.82) is 0 Å². The Hall–Kier alpha value is -3.41. The van der Waals surface area contributed by atoms with Crippen molar-refractivity contribution >= 4 is 28.4 Å². The molecule has 29 heavy (non-hydrogen) atoms. The highest BCUT2D eigenvalue weighted by Gasteiger charge is 2.28. The van der Waals surface area contributed by atoms with Crippen LogP contribution in [0.4, 0.5) is 4.39 Å². The lowest BCUT2D eigenvalue weighted by molar-refractivity contribution is -0.136. The zero-order valence-electron chi connectivity index (χ0n) is 16.3. The Morgan fingerprint density at radius 2 is 2.00 bits per heavy atom. The summed E-state index contributed by atoms with van der Waals surface area (Å²) in [4.78, 5) is 30.5. The number of ether oxygens (including phenoxy) is 1. The summed E-state index contributed by atoms with van der Waals surface area (Å²) < 4.78 is 18.8. The van der Waals surface area contributed by atoms with E-state index in [-0.39, 0.29) is 18.1 Å². The predicted molar refractivity (Wildman–Crippen MR) is 109 cm³/mol. The number of esters is 1. The fourth-order valence-corrected chi connectivity index (χ4v) is 3.74. The number of hydrogen-bond acceptors (Lipinski definition) is 3. The number of fused-ring (bicyclic) bond motifs is 3. The van der Waals surface area contributed by atoms with Gasteiger partial charge in [0.2, 0.25) is 0 Å². The molecule has 3 aromatic rings. The van der Waals surface area contributed by atoms with E-state index in [1.165, 1.54) is 29.3 Å². The Morgan fingerprint density at radius 1 is 1.21 bits per heavy atom. The highest BCUT2D eigenvalue weighted by molar-refractivity contribution is 6.18. The van der Waals surface area contributed by atoms with Gasteiger partial charge in [0.15, 0.2) is 0 Å². The fraction of sp³-hybridized carbons (Fsp3) is 0.217. The first-order valence-electron chi connectivity index (χ1n) is 9.55. The molecular formula is C23H21FN2O3. The van der Waals surface area contributed by atoms with Gasteiger partial charge < -0.3 is 14.6 Å². The number of aromatic nitrogens is 1. The van der Waals surface area contributed by atoms with E-state index in [1.54, 1.807) is 13.0 Å². The first-order valence-corrected chi connectivity index (χ1v) is 9.55. The summed E-state index contributed by atoms with van der Waals surface area (Å²) in [6.45, 7) is 4.33. The number of H-pyrrole nitrogens is 1. The smallest absolute Gasteiger partial charge is 0.341 e. The summed E-state index contributed by atoms with van der Waals surface area (Å²) in [7, 11) is 0. The molecule has 0 aliphatic carbocycles. The Morgan fingerprint density at radius 3 is 2.76 bits per heavy atom. The third-order valence-corrected chi connectivity index (χ3v) is 5.13. The topological polar surface area (TPSA) is 62.4 Å². The summed E-state index contributed by atoms with van der Waals surface area (Å²) in [6, 6.07) is 11.5. The van der Waals surface area contributed by atoms with E-state index in [2.05, 4.69) is 4.98 Å². The monoisotopic (exact) mass is 392 g/mol. The van der Waals surface area contributed by atoms with Gasteiger partial charge in [0.1, 0.15) is 5.82 Å². The third-order valence-electron chi connectivity index (χ3n) is 5.13. The van der Waals surface area contributed by atoms with Crippen molar-refractivity contribution in [2.75, 3.05) is 13.2 Å². The van der Waals surface area contributed by atoms with Crippen LogP contribution in [0.3, 0.4) is 0 Å². The molecule has 0 atom stereocenters. The lowest BCUT2D eigenvalue weighted by Gasteiger charge is -2.18. The van der Waals surface area contributed by atoms with Crippen LogP contribution in [0.5, 0.6) is 0 Å². The summed E-state index contributed by atoms with van der Waals surface area (Å²) >= 11 is 0. The van der Waals surface area contributed by atoms with Crippen LogP contribution in [0.2, 0.25) is 0 Å². The number of hydrogen-bond donors (Lipinski definition) is 1. The minimum Gasteiger partial charge on any atom is -0.462 e. The number of para-hydroxylation sites is 1. The van der Waals surface area contributed by atoms with Crippen LogP contribution in [-0.2, 0) is 16.0 Å². The van der Waals surface area contributed by atoms with Crippen molar-refractivity contribution in [3.05, 3.63) is 76.9 Å². The second-order valence-electron chi connectivity index (χ2n) is 7.00. The van der Waals surface area contributed by atoms with E-state index >= 15 is 0 Å². The van der Waals surface area contributed by atoms with Crippen LogP contribution in [-0.4, -0.2) is 34.9 Å². The Bertz CT molecular complexity index is 1150. The van der Waals surface area contributed by atoms with Crippen LogP contribution in [0.1, 0.15) is 34.1 Å². The molecule has 0 saturated carbocycles. The average Bonchev–Trinajstić information content (AvgIpc) is 2.97. The van der Waals surface area contributed by atoms with Crippen molar-refractivity contribution < 1.29 is 18.7 Å². The van der Waals surface area contributed by atoms with Gasteiger partial charge in [-0.1, -0.05) is 24.3 Å². The van der Waals surface area contributed by atoms with Crippen LogP contribution in [0.25, 0.3) is 16.5 Å². The van der Waals surface area contributed by atoms with Gasteiger partial charge in [-0.15, -0.1) is 0 Å². The molecule has 2 heterocycles. The quantitative estimate of drug-likeness (QED) is 0.679. The van der Waals surface area contributed by atoms with Gasteiger partial charge in [0.05, 0.1) is 17.9 Å². The Labute approximate surface area is 167 Å². The number of carbonyl (C=O) groups excluding carboxylic acids is 2. The molecule has 0 radical (unpaired) electrons. The van der Waals surface area contributed by atoms with Crippen molar-refractivity contribution in [3.8, 4) is 0 Å². The molecule has 0 spiro atoms. The zero-order valence-corrected chi connectivity index (χ0v) is 16.3. The van der Waals surface area contributed by atoms with Gasteiger partial charge in [-0.3, -0.25) is 4.79 Å². The van der Waals surface area contributed by atoms with Crippen molar-refractivity contribution in [2.45, 2.75) is 20.3 Å². The number of halogens is 1. The zero-order chi connectivity index (χ0) is 20.5. The number of nitrogens with one attached hydrogen (secondary N) is 1. The summed E-state index contributed by atoms with van der Waals surface area (Å²) in [6.07, 6.45) is 2.07. The second-order valence-corrected chi connectivity index (χ2v) is 7.00. The number of benzene rings is 2. The van der Waals surface area contributed by atoms with Crippen LogP contribution >= 0.6 is 0 Å². The van der Waals surface area contributed by atoms with Crippen LogP contribution in [0.15, 0.2) is 48.7 Å². The number of amides is 1. The molecule has 1 N–H and O–H groups in total. The molecule has 0 saturated heterocycles. The van der Waals surface area contributed by atoms with E-state index in [1.807, 2.05) is 25.1 Å². The molecule has 1 amide bonds. The van der Waals surface area contributed by atoms with Gasteiger partial charge in [0, 0.05) is 29.2 Å². The number of rotatable bonds is 3. The number of carbonyl (C=O) groups is 2. The Kier molecular flexibility index (Phi) is 4.92. The van der Waals surface area contributed by atoms with E-state index in [9.17, 15) is 14.0 Å². The summed E-state index contributed by atoms with van der Waals surface area (Å²) in [5.41, 5.74) is 4.21. The van der Waals surface area contributed by atoms with Gasteiger partial charge in [-0.2, -0.15) is 0 Å². The third kappa shape index (κ3) is 3.42. The number of aryl methyl sites for hydroxylation is 1. The highest BCUT2D eigenvalue weighted by atomic mass is 19.1. The molecule has 0 unspecified atom stereocenters. The largest absolute Gasteiger partial charge is 0.462 e. The standard InChI is InChI=1S/C23H21FN2O3/c1-3-29-23(28)19-13-26(22(27)15-7-5-8-16(24)12-15)11-10-18-17-9-4-6-14(2)20(17)25-21(18)19/h4-9,12-13,25H,3,10-11H2,1-2H3.